The number of ether oxygens (including phenoxy) is 2. The zero-order valence-electron chi connectivity index (χ0n) is 17.7. The van der Waals surface area contributed by atoms with Crippen molar-refractivity contribution in [3.05, 3.63) is 75.5 Å². The van der Waals surface area contributed by atoms with Gasteiger partial charge in [-0.2, -0.15) is 0 Å². The largest absolute Gasteiger partial charge is 0.454 e. The lowest BCUT2D eigenvalue weighted by Gasteiger charge is -2.29. The van der Waals surface area contributed by atoms with Gasteiger partial charge in [0.15, 0.2) is 16.6 Å². The topological polar surface area (TPSA) is 72.8 Å². The molecule has 0 spiro atoms. The van der Waals surface area contributed by atoms with Gasteiger partial charge in [0.05, 0.1) is 5.69 Å². The molecule has 0 unspecified atom stereocenters. The van der Waals surface area contributed by atoms with Crippen LogP contribution in [0.2, 0.25) is 0 Å². The quantitative estimate of drug-likeness (QED) is 0.312. The first-order valence-electron chi connectivity index (χ1n) is 10.1. The third-order valence-electron chi connectivity index (χ3n) is 5.55. The van der Waals surface area contributed by atoms with Crippen molar-refractivity contribution in [2.24, 2.45) is 0 Å². The number of hydrogen-bond donors (Lipinski definition) is 1. The predicted octanol–water partition coefficient (Wildman–Crippen LogP) is 4.42. The fraction of sp³-hybridized carbons (Fsp3) is 0.125. The molecule has 1 fully saturated rings. The lowest BCUT2D eigenvalue weighted by Crippen LogP contribution is -2.54. The van der Waals surface area contributed by atoms with E-state index in [1.54, 1.807) is 24.3 Å². The number of nitrogens with one attached hydrogen (secondary N) is 1. The second-order valence-corrected chi connectivity index (χ2v) is 8.94. The molecule has 2 aliphatic heterocycles. The standard InChI is InChI=1S/C24H18BrN3O4S/c1-13-8-15(14(2)27(13)18-6-7-20-21(11-18)32-12-31-20)9-19-22(29)26-24(33)28(23(19)30)17-5-3-4-16(25)10-17/h3-11H,12H2,1-2H3,(H,26,29,33)/b19-9-. The van der Waals surface area contributed by atoms with Crippen LogP contribution in [0.4, 0.5) is 5.69 Å². The highest BCUT2D eigenvalue weighted by Crippen LogP contribution is 2.35. The number of hydrogen-bond acceptors (Lipinski definition) is 5. The molecule has 7 nitrogen and oxygen atoms in total. The molecule has 2 aliphatic rings. The van der Waals surface area contributed by atoms with Gasteiger partial charge in [0.2, 0.25) is 6.79 Å². The number of amides is 2. The number of thiocarbonyl (C=S) groups is 1. The maximum absolute atomic E-state index is 13.3. The van der Waals surface area contributed by atoms with E-state index in [0.717, 1.165) is 27.1 Å². The van der Waals surface area contributed by atoms with E-state index in [9.17, 15) is 9.59 Å². The monoisotopic (exact) mass is 523 g/mol. The van der Waals surface area contributed by atoms with Gasteiger partial charge in [0.25, 0.3) is 11.8 Å². The molecule has 33 heavy (non-hydrogen) atoms. The van der Waals surface area contributed by atoms with Gasteiger partial charge >= 0.3 is 0 Å². The minimum absolute atomic E-state index is 0.00881. The number of aromatic nitrogens is 1. The summed E-state index contributed by atoms with van der Waals surface area (Å²) in [5, 5.41) is 2.67. The Bertz CT molecular complexity index is 1380. The summed E-state index contributed by atoms with van der Waals surface area (Å²) < 4.78 is 13.7. The Morgan fingerprint density at radius 2 is 1.82 bits per heavy atom. The zero-order valence-corrected chi connectivity index (χ0v) is 20.1. The second-order valence-electron chi connectivity index (χ2n) is 7.64. The minimum atomic E-state index is -0.524. The van der Waals surface area contributed by atoms with Crippen LogP contribution >= 0.6 is 28.1 Å². The number of fused-ring (bicyclic) bond motifs is 1. The van der Waals surface area contributed by atoms with Crippen molar-refractivity contribution in [1.82, 2.24) is 9.88 Å². The molecule has 1 N–H and O–H groups in total. The molecular weight excluding hydrogens is 506 g/mol. The molecule has 0 aliphatic carbocycles. The Hall–Kier alpha value is -3.43. The number of carbonyl (C=O) groups excluding carboxylic acids is 2. The van der Waals surface area contributed by atoms with Crippen LogP contribution in [-0.2, 0) is 9.59 Å². The van der Waals surface area contributed by atoms with Crippen molar-refractivity contribution in [3.63, 3.8) is 0 Å². The number of benzene rings is 2. The van der Waals surface area contributed by atoms with E-state index in [4.69, 9.17) is 21.7 Å². The van der Waals surface area contributed by atoms with Crippen LogP contribution < -0.4 is 19.7 Å². The average molecular weight is 524 g/mol. The van der Waals surface area contributed by atoms with Gasteiger partial charge in [-0.05, 0) is 74.1 Å². The Balaban J connectivity index is 1.54. The van der Waals surface area contributed by atoms with E-state index in [0.29, 0.717) is 17.2 Å². The van der Waals surface area contributed by atoms with Crippen LogP contribution in [0.5, 0.6) is 11.5 Å². The molecule has 1 aromatic heterocycles. The van der Waals surface area contributed by atoms with Gasteiger partial charge in [-0.3, -0.25) is 19.8 Å². The van der Waals surface area contributed by atoms with Crippen molar-refractivity contribution in [3.8, 4) is 17.2 Å². The van der Waals surface area contributed by atoms with Gasteiger partial charge in [0.1, 0.15) is 5.57 Å². The van der Waals surface area contributed by atoms with Crippen molar-refractivity contribution in [2.75, 3.05) is 11.7 Å². The third kappa shape index (κ3) is 3.73. The van der Waals surface area contributed by atoms with Crippen molar-refractivity contribution in [2.45, 2.75) is 13.8 Å². The molecule has 3 aromatic rings. The highest BCUT2D eigenvalue weighted by molar-refractivity contribution is 9.10. The highest BCUT2D eigenvalue weighted by atomic mass is 79.9. The molecule has 0 saturated carbocycles. The smallest absolute Gasteiger partial charge is 0.270 e. The third-order valence-corrected chi connectivity index (χ3v) is 6.33. The molecule has 0 bridgehead atoms. The number of rotatable bonds is 3. The number of aryl methyl sites for hydroxylation is 1. The van der Waals surface area contributed by atoms with Gasteiger partial charge in [-0.15, -0.1) is 0 Å². The predicted molar refractivity (Wildman–Crippen MR) is 132 cm³/mol. The van der Waals surface area contributed by atoms with Gasteiger partial charge in [-0.25, -0.2) is 0 Å². The summed E-state index contributed by atoms with van der Waals surface area (Å²) >= 11 is 8.69. The fourth-order valence-electron chi connectivity index (χ4n) is 4.02. The van der Waals surface area contributed by atoms with Crippen molar-refractivity contribution < 1.29 is 19.1 Å². The second kappa shape index (κ2) is 8.17. The van der Waals surface area contributed by atoms with Crippen LogP contribution in [0.15, 0.2) is 58.6 Å². The van der Waals surface area contributed by atoms with Crippen molar-refractivity contribution >= 4 is 56.8 Å². The van der Waals surface area contributed by atoms with E-state index >= 15 is 0 Å². The lowest BCUT2D eigenvalue weighted by molar-refractivity contribution is -0.122. The average Bonchev–Trinajstić information content (AvgIpc) is 3.34. The van der Waals surface area contributed by atoms with Gasteiger partial charge < -0.3 is 14.0 Å². The van der Waals surface area contributed by atoms with Crippen LogP contribution in [-0.4, -0.2) is 28.3 Å². The molecule has 2 amide bonds. The maximum Gasteiger partial charge on any atom is 0.270 e. The molecule has 2 aromatic carbocycles. The van der Waals surface area contributed by atoms with Crippen molar-refractivity contribution in [1.29, 1.82) is 0 Å². The Kier molecular flexibility index (Phi) is 5.30. The normalized spacial score (nSPS) is 16.5. The van der Waals surface area contributed by atoms with Gasteiger partial charge in [0, 0.05) is 27.6 Å². The number of anilines is 1. The summed E-state index contributed by atoms with van der Waals surface area (Å²) in [7, 11) is 0. The summed E-state index contributed by atoms with van der Waals surface area (Å²) in [5.41, 5.74) is 4.05. The van der Waals surface area contributed by atoms with Crippen LogP contribution in [0.25, 0.3) is 11.8 Å². The van der Waals surface area contributed by atoms with Crippen LogP contribution in [0, 0.1) is 13.8 Å². The first-order chi connectivity index (χ1) is 15.8. The van der Waals surface area contributed by atoms with Crippen LogP contribution in [0.3, 0.4) is 0 Å². The molecule has 3 heterocycles. The molecule has 166 valence electrons. The van der Waals surface area contributed by atoms with E-state index in [1.807, 2.05) is 48.7 Å². The van der Waals surface area contributed by atoms with Gasteiger partial charge in [-0.1, -0.05) is 22.0 Å². The van der Waals surface area contributed by atoms with E-state index in [-0.39, 0.29) is 17.5 Å². The summed E-state index contributed by atoms with van der Waals surface area (Å²) in [5.74, 6) is 0.385. The van der Waals surface area contributed by atoms with E-state index in [2.05, 4.69) is 21.2 Å². The fourth-order valence-corrected chi connectivity index (χ4v) is 4.69. The molecular formula is C24H18BrN3O4S. The minimum Gasteiger partial charge on any atom is -0.454 e. The molecule has 0 atom stereocenters. The first-order valence-corrected chi connectivity index (χ1v) is 11.3. The Morgan fingerprint density at radius 3 is 2.61 bits per heavy atom. The molecule has 5 rings (SSSR count). The first kappa shape index (κ1) is 21.4. The molecule has 0 radical (unpaired) electrons. The highest BCUT2D eigenvalue weighted by Gasteiger charge is 2.34. The Morgan fingerprint density at radius 1 is 1.03 bits per heavy atom. The number of carbonyl (C=O) groups is 2. The Labute approximate surface area is 203 Å². The summed E-state index contributed by atoms with van der Waals surface area (Å²) in [6, 6.07) is 14.8. The lowest BCUT2D eigenvalue weighted by atomic mass is 10.1. The molecule has 9 heteroatoms. The number of nitrogens with zero attached hydrogens (tertiary/aromatic N) is 2. The number of halogens is 1. The zero-order chi connectivity index (χ0) is 23.3. The van der Waals surface area contributed by atoms with E-state index in [1.165, 1.54) is 4.90 Å². The molecule has 1 saturated heterocycles. The van der Waals surface area contributed by atoms with Crippen LogP contribution in [0.1, 0.15) is 17.0 Å². The SMILES string of the molecule is Cc1cc(/C=C2/C(=O)NC(=S)N(c3cccc(Br)c3)C2=O)c(C)n1-c1ccc2c(c1)OCO2. The van der Waals surface area contributed by atoms with E-state index < -0.39 is 11.8 Å². The summed E-state index contributed by atoms with van der Waals surface area (Å²) in [6.07, 6.45) is 1.61. The maximum atomic E-state index is 13.3. The summed E-state index contributed by atoms with van der Waals surface area (Å²) in [4.78, 5) is 27.3. The summed E-state index contributed by atoms with van der Waals surface area (Å²) in [6.45, 7) is 4.10.